The Kier molecular flexibility index (Phi) is 5.80. The van der Waals surface area contributed by atoms with Crippen molar-refractivity contribution in [3.63, 3.8) is 0 Å². The van der Waals surface area contributed by atoms with Crippen molar-refractivity contribution >= 4 is 27.5 Å². The summed E-state index contributed by atoms with van der Waals surface area (Å²) in [5.41, 5.74) is -2.47. The molecule has 0 aliphatic carbocycles. The zero-order valence-corrected chi connectivity index (χ0v) is 18.2. The van der Waals surface area contributed by atoms with Crippen LogP contribution in [0.15, 0.2) is 45.8 Å². The number of benzene rings is 1. The summed E-state index contributed by atoms with van der Waals surface area (Å²) >= 11 is 2.67. The van der Waals surface area contributed by atoms with Crippen molar-refractivity contribution in [2.24, 2.45) is 0 Å². The van der Waals surface area contributed by atoms with E-state index in [-0.39, 0.29) is 28.4 Å². The van der Waals surface area contributed by atoms with Gasteiger partial charge in [-0.1, -0.05) is 6.07 Å². The molecule has 0 unspecified atom stereocenters. The molecular formula is C21H16BrF4N3O3. The quantitative estimate of drug-likeness (QED) is 0.493. The molecule has 11 heteroatoms. The van der Waals surface area contributed by atoms with Crippen LogP contribution in [0.1, 0.15) is 22.5 Å². The molecule has 0 bridgehead atoms. The number of hydrogen-bond acceptors (Lipinski definition) is 4. The van der Waals surface area contributed by atoms with Crippen molar-refractivity contribution < 1.29 is 27.1 Å². The first-order valence-corrected chi connectivity index (χ1v) is 10.3. The Morgan fingerprint density at radius 2 is 2.03 bits per heavy atom. The third-order valence-corrected chi connectivity index (χ3v) is 6.06. The average Bonchev–Trinajstić information content (AvgIpc) is 3.24. The lowest BCUT2D eigenvalue weighted by Crippen LogP contribution is -2.30. The Morgan fingerprint density at radius 1 is 1.28 bits per heavy atom. The molecule has 1 atom stereocenters. The topological polar surface area (TPSA) is 63.9 Å². The zero-order valence-electron chi connectivity index (χ0n) is 16.6. The maximum atomic E-state index is 14.9. The lowest BCUT2D eigenvalue weighted by molar-refractivity contribution is -0.141. The second-order valence-electron chi connectivity index (χ2n) is 7.28. The molecule has 1 aliphatic rings. The largest absolute Gasteiger partial charge is 0.434 e. The number of halogens is 5. The monoisotopic (exact) mass is 513 g/mol. The number of aromatic nitrogens is 2. The van der Waals surface area contributed by atoms with Crippen molar-refractivity contribution in [2.45, 2.75) is 18.7 Å². The maximum absolute atomic E-state index is 14.9. The number of amides is 1. The smallest absolute Gasteiger partial charge is 0.380 e. The number of methoxy groups -OCH3 is 1. The highest BCUT2D eigenvalue weighted by atomic mass is 79.9. The SMILES string of the molecule is CO[C@@H]1CCN(C(=O)c2ccc(-c3cccn4c(=O)c(Br)c(C(F)(F)F)nc34)cc2F)C1. The summed E-state index contributed by atoms with van der Waals surface area (Å²) < 4.78 is 60.4. The van der Waals surface area contributed by atoms with E-state index in [2.05, 4.69) is 20.9 Å². The molecule has 32 heavy (non-hydrogen) atoms. The fourth-order valence-electron chi connectivity index (χ4n) is 3.68. The van der Waals surface area contributed by atoms with Gasteiger partial charge in [-0.05, 0) is 52.2 Å². The van der Waals surface area contributed by atoms with E-state index in [9.17, 15) is 27.2 Å². The van der Waals surface area contributed by atoms with Crippen LogP contribution in [0, 0.1) is 5.82 Å². The number of ether oxygens (including phenoxy) is 1. The molecule has 4 rings (SSSR count). The average molecular weight is 514 g/mol. The Hall–Kier alpha value is -2.79. The van der Waals surface area contributed by atoms with Gasteiger partial charge in [0.15, 0.2) is 5.69 Å². The van der Waals surface area contributed by atoms with E-state index in [0.717, 1.165) is 10.5 Å². The normalized spacial score (nSPS) is 16.7. The van der Waals surface area contributed by atoms with Crippen LogP contribution in [0.4, 0.5) is 17.6 Å². The third kappa shape index (κ3) is 3.90. The molecule has 3 aromatic rings. The van der Waals surface area contributed by atoms with Gasteiger partial charge in [-0.25, -0.2) is 9.37 Å². The van der Waals surface area contributed by atoms with Gasteiger partial charge in [0, 0.05) is 32.0 Å². The summed E-state index contributed by atoms with van der Waals surface area (Å²) in [4.78, 5) is 30.2. The van der Waals surface area contributed by atoms with Gasteiger partial charge in [0.2, 0.25) is 0 Å². The molecule has 1 aromatic carbocycles. The highest BCUT2D eigenvalue weighted by molar-refractivity contribution is 9.10. The van der Waals surface area contributed by atoms with Crippen LogP contribution >= 0.6 is 15.9 Å². The molecule has 1 saturated heterocycles. The molecule has 1 fully saturated rings. The Balaban J connectivity index is 1.78. The van der Waals surface area contributed by atoms with Crippen molar-refractivity contribution in [2.75, 3.05) is 20.2 Å². The van der Waals surface area contributed by atoms with Gasteiger partial charge in [-0.2, -0.15) is 13.2 Å². The van der Waals surface area contributed by atoms with Gasteiger partial charge in [-0.3, -0.25) is 14.0 Å². The molecule has 0 N–H and O–H groups in total. The first-order chi connectivity index (χ1) is 15.1. The first-order valence-electron chi connectivity index (χ1n) is 9.52. The second-order valence-corrected chi connectivity index (χ2v) is 8.08. The standard InChI is InChI=1S/C21H16BrF4N3O3/c1-32-12-6-8-28(10-12)19(30)14-5-4-11(9-15(14)23)13-3-2-7-29-18(13)27-17(21(24,25)26)16(22)20(29)31/h2-5,7,9,12H,6,8,10H2,1H3/t12-/m1/s1. The summed E-state index contributed by atoms with van der Waals surface area (Å²) in [6.07, 6.45) is -3.05. The van der Waals surface area contributed by atoms with Crippen molar-refractivity contribution in [3.05, 3.63) is 68.4 Å². The Morgan fingerprint density at radius 3 is 2.66 bits per heavy atom. The fourth-order valence-corrected chi connectivity index (χ4v) is 4.19. The predicted molar refractivity (Wildman–Crippen MR) is 111 cm³/mol. The van der Waals surface area contributed by atoms with E-state index >= 15 is 0 Å². The molecule has 2 aromatic heterocycles. The summed E-state index contributed by atoms with van der Waals surface area (Å²) in [5, 5.41) is 0. The molecule has 0 radical (unpaired) electrons. The lowest BCUT2D eigenvalue weighted by atomic mass is 10.0. The highest BCUT2D eigenvalue weighted by Gasteiger charge is 2.37. The van der Waals surface area contributed by atoms with E-state index in [4.69, 9.17) is 4.74 Å². The highest BCUT2D eigenvalue weighted by Crippen LogP contribution is 2.33. The van der Waals surface area contributed by atoms with Crippen LogP contribution in [0.2, 0.25) is 0 Å². The molecule has 1 amide bonds. The van der Waals surface area contributed by atoms with Gasteiger partial charge in [0.25, 0.3) is 11.5 Å². The molecule has 6 nitrogen and oxygen atoms in total. The molecule has 1 aliphatic heterocycles. The van der Waals surface area contributed by atoms with Gasteiger partial charge in [-0.15, -0.1) is 0 Å². The molecule has 0 spiro atoms. The maximum Gasteiger partial charge on any atom is 0.434 e. The van der Waals surface area contributed by atoms with Crippen molar-refractivity contribution in [1.82, 2.24) is 14.3 Å². The minimum Gasteiger partial charge on any atom is -0.380 e. The minimum absolute atomic E-state index is 0.108. The van der Waals surface area contributed by atoms with E-state index in [1.54, 1.807) is 7.11 Å². The number of fused-ring (bicyclic) bond motifs is 1. The number of carbonyl (C=O) groups excluding carboxylic acids is 1. The van der Waals surface area contributed by atoms with E-state index in [1.165, 1.54) is 35.4 Å². The molecule has 0 saturated carbocycles. The number of alkyl halides is 3. The summed E-state index contributed by atoms with van der Waals surface area (Å²) in [7, 11) is 1.54. The summed E-state index contributed by atoms with van der Waals surface area (Å²) in [6, 6.07) is 6.61. The van der Waals surface area contributed by atoms with Crippen molar-refractivity contribution in [1.29, 1.82) is 0 Å². The summed E-state index contributed by atoms with van der Waals surface area (Å²) in [5.74, 6) is -1.32. The van der Waals surface area contributed by atoms with Crippen LogP contribution in [0.5, 0.6) is 0 Å². The molecule has 3 heterocycles. The van der Waals surface area contributed by atoms with Gasteiger partial charge in [0.05, 0.1) is 11.7 Å². The Labute approximate surface area is 187 Å². The number of pyridine rings is 1. The van der Waals surface area contributed by atoms with Crippen molar-refractivity contribution in [3.8, 4) is 11.1 Å². The molecular weight excluding hydrogens is 498 g/mol. The first kappa shape index (κ1) is 22.4. The third-order valence-electron chi connectivity index (χ3n) is 5.34. The molecule has 168 valence electrons. The zero-order chi connectivity index (χ0) is 23.2. The van der Waals surface area contributed by atoms with Crippen LogP contribution < -0.4 is 5.56 Å². The van der Waals surface area contributed by atoms with Gasteiger partial charge in [0.1, 0.15) is 15.9 Å². The lowest BCUT2D eigenvalue weighted by Gasteiger charge is -2.17. The fraction of sp³-hybridized carbons (Fsp3) is 0.286. The number of rotatable bonds is 3. The summed E-state index contributed by atoms with van der Waals surface area (Å²) in [6.45, 7) is 0.783. The van der Waals surface area contributed by atoms with Crippen LogP contribution in [-0.2, 0) is 10.9 Å². The Bertz CT molecular complexity index is 1280. The van der Waals surface area contributed by atoms with Crippen LogP contribution in [-0.4, -0.2) is 46.5 Å². The number of carbonyl (C=O) groups is 1. The van der Waals surface area contributed by atoms with E-state index in [1.807, 2.05) is 0 Å². The number of likely N-dealkylation sites (tertiary alicyclic amines) is 1. The van der Waals surface area contributed by atoms with Crippen LogP contribution in [0.25, 0.3) is 16.8 Å². The second kappa shape index (κ2) is 8.28. The van der Waals surface area contributed by atoms with Gasteiger partial charge < -0.3 is 9.64 Å². The van der Waals surface area contributed by atoms with Gasteiger partial charge >= 0.3 is 6.18 Å². The number of nitrogens with zero attached hydrogens (tertiary/aromatic N) is 3. The van der Waals surface area contributed by atoms with E-state index in [0.29, 0.717) is 19.5 Å². The van der Waals surface area contributed by atoms with E-state index < -0.39 is 33.6 Å². The minimum atomic E-state index is -4.86. The van der Waals surface area contributed by atoms with Crippen LogP contribution in [0.3, 0.4) is 0 Å². The number of hydrogen-bond donors (Lipinski definition) is 0. The predicted octanol–water partition coefficient (Wildman–Crippen LogP) is 4.14.